The lowest BCUT2D eigenvalue weighted by Crippen LogP contribution is -2.55. The number of benzene rings is 4. The van der Waals surface area contributed by atoms with Crippen molar-refractivity contribution in [1.82, 2.24) is 10.2 Å². The molecular formula is C37H39Cl2N3O5S. The van der Waals surface area contributed by atoms with Crippen LogP contribution in [-0.2, 0) is 32.6 Å². The molecule has 0 saturated heterocycles. The standard InChI is InChI=1S/C37H39Cl2N3O5S/c1-47-33-17-8-12-28(22-33)25-41(35(23-27-10-4-2-5-11-27)37(44)40-31-14-6-3-7-15-31)36(43)26-42(32-16-9-13-30(39)24-32)48(45,46)34-20-18-29(38)19-21-34/h2,4-5,8-13,16-22,24,31,35H,3,6-7,14-15,23,25-26H2,1H3,(H,40,44)/t35-/m1/s1. The van der Waals surface area contributed by atoms with Gasteiger partial charge in [0.2, 0.25) is 11.8 Å². The van der Waals surface area contributed by atoms with Gasteiger partial charge in [-0.2, -0.15) is 0 Å². The number of anilines is 1. The van der Waals surface area contributed by atoms with Crippen molar-refractivity contribution in [3.63, 3.8) is 0 Å². The fourth-order valence-corrected chi connectivity index (χ4v) is 7.68. The number of hydrogen-bond acceptors (Lipinski definition) is 5. The molecule has 0 heterocycles. The minimum atomic E-state index is -4.28. The molecule has 0 aliphatic heterocycles. The SMILES string of the molecule is COc1cccc(CN(C(=O)CN(c2cccc(Cl)c2)S(=O)(=O)c2ccc(Cl)cc2)[C@H](Cc2ccccc2)C(=O)NC2CCCCC2)c1. The molecule has 4 aromatic carbocycles. The van der Waals surface area contributed by atoms with Crippen LogP contribution in [0.15, 0.2) is 108 Å². The van der Waals surface area contributed by atoms with Crippen LogP contribution in [0, 0.1) is 0 Å². The van der Waals surface area contributed by atoms with Crippen LogP contribution in [0.1, 0.15) is 43.2 Å². The highest BCUT2D eigenvalue weighted by atomic mass is 35.5. The number of nitrogens with one attached hydrogen (secondary N) is 1. The van der Waals surface area contributed by atoms with Gasteiger partial charge in [0.05, 0.1) is 17.7 Å². The number of carbonyl (C=O) groups excluding carboxylic acids is 2. The van der Waals surface area contributed by atoms with Crippen LogP contribution >= 0.6 is 23.2 Å². The Kier molecular flexibility index (Phi) is 12.0. The maximum atomic E-state index is 14.7. The van der Waals surface area contributed by atoms with Gasteiger partial charge in [-0.05, 0) is 78.6 Å². The summed E-state index contributed by atoms with van der Waals surface area (Å²) in [5.74, 6) is -0.246. The van der Waals surface area contributed by atoms with Gasteiger partial charge >= 0.3 is 0 Å². The van der Waals surface area contributed by atoms with Gasteiger partial charge in [-0.15, -0.1) is 0 Å². The summed E-state index contributed by atoms with van der Waals surface area (Å²) in [5, 5.41) is 3.89. The van der Waals surface area contributed by atoms with Crippen molar-refractivity contribution in [3.05, 3.63) is 124 Å². The van der Waals surface area contributed by atoms with Gasteiger partial charge in [0.1, 0.15) is 18.3 Å². The number of rotatable bonds is 13. The van der Waals surface area contributed by atoms with Gasteiger partial charge < -0.3 is 15.0 Å². The number of methoxy groups -OCH3 is 1. The summed E-state index contributed by atoms with van der Waals surface area (Å²) in [6.45, 7) is -0.548. The Morgan fingerprint density at radius 3 is 2.21 bits per heavy atom. The van der Waals surface area contributed by atoms with E-state index in [1.165, 1.54) is 35.2 Å². The van der Waals surface area contributed by atoms with E-state index in [0.29, 0.717) is 15.8 Å². The molecule has 1 aliphatic rings. The molecule has 252 valence electrons. The molecule has 8 nitrogen and oxygen atoms in total. The topological polar surface area (TPSA) is 96.0 Å². The van der Waals surface area contributed by atoms with E-state index in [0.717, 1.165) is 47.5 Å². The zero-order valence-corrected chi connectivity index (χ0v) is 29.1. The molecule has 0 spiro atoms. The number of hydrogen-bond donors (Lipinski definition) is 1. The summed E-state index contributed by atoms with van der Waals surface area (Å²) in [5.41, 5.74) is 1.80. The highest BCUT2D eigenvalue weighted by molar-refractivity contribution is 7.92. The van der Waals surface area contributed by atoms with Crippen LogP contribution < -0.4 is 14.4 Å². The number of ether oxygens (including phenoxy) is 1. The predicted molar refractivity (Wildman–Crippen MR) is 190 cm³/mol. The largest absolute Gasteiger partial charge is 0.497 e. The molecule has 4 aromatic rings. The summed E-state index contributed by atoms with van der Waals surface area (Å²) >= 11 is 12.4. The van der Waals surface area contributed by atoms with Crippen LogP contribution in [0.4, 0.5) is 5.69 Å². The third-order valence-corrected chi connectivity index (χ3v) is 10.8. The Hall–Kier alpha value is -4.05. The van der Waals surface area contributed by atoms with Gasteiger partial charge in [0.15, 0.2) is 0 Å². The highest BCUT2D eigenvalue weighted by Crippen LogP contribution is 2.28. The zero-order valence-electron chi connectivity index (χ0n) is 26.7. The molecule has 1 aliphatic carbocycles. The van der Waals surface area contributed by atoms with Crippen molar-refractivity contribution < 1.29 is 22.7 Å². The fourth-order valence-electron chi connectivity index (χ4n) is 5.96. The third kappa shape index (κ3) is 9.09. The summed E-state index contributed by atoms with van der Waals surface area (Å²) in [7, 11) is -2.72. The summed E-state index contributed by atoms with van der Waals surface area (Å²) < 4.78 is 34.8. The molecule has 0 unspecified atom stereocenters. The van der Waals surface area contributed by atoms with Crippen LogP contribution in [0.25, 0.3) is 0 Å². The average molecular weight is 709 g/mol. The molecule has 2 amide bonds. The summed E-state index contributed by atoms with van der Waals surface area (Å²) in [4.78, 5) is 30.4. The number of nitrogens with zero attached hydrogens (tertiary/aromatic N) is 2. The Morgan fingerprint density at radius 1 is 0.833 bits per heavy atom. The average Bonchev–Trinajstić information content (AvgIpc) is 3.09. The lowest BCUT2D eigenvalue weighted by molar-refractivity contribution is -0.140. The van der Waals surface area contributed by atoms with Crippen molar-refractivity contribution in [3.8, 4) is 5.75 Å². The Labute approximate surface area is 292 Å². The molecule has 1 fully saturated rings. The second kappa shape index (κ2) is 16.4. The highest BCUT2D eigenvalue weighted by Gasteiger charge is 2.35. The smallest absolute Gasteiger partial charge is 0.264 e. The minimum Gasteiger partial charge on any atom is -0.497 e. The lowest BCUT2D eigenvalue weighted by Gasteiger charge is -2.35. The molecule has 1 N–H and O–H groups in total. The van der Waals surface area contributed by atoms with Crippen LogP contribution in [-0.4, -0.2) is 50.9 Å². The molecule has 0 radical (unpaired) electrons. The number of carbonyl (C=O) groups is 2. The van der Waals surface area contributed by atoms with Gasteiger partial charge in [-0.25, -0.2) is 8.42 Å². The van der Waals surface area contributed by atoms with Gasteiger partial charge in [0.25, 0.3) is 10.0 Å². The van der Waals surface area contributed by atoms with Crippen LogP contribution in [0.2, 0.25) is 10.0 Å². The normalized spacial score (nSPS) is 14.1. The molecule has 48 heavy (non-hydrogen) atoms. The first-order valence-corrected chi connectivity index (χ1v) is 18.1. The first-order chi connectivity index (χ1) is 23.1. The second-order valence-electron chi connectivity index (χ2n) is 11.9. The number of amides is 2. The van der Waals surface area contributed by atoms with E-state index in [1.54, 1.807) is 37.4 Å². The molecule has 0 bridgehead atoms. The maximum absolute atomic E-state index is 14.7. The lowest BCUT2D eigenvalue weighted by atomic mass is 9.94. The van der Waals surface area contributed by atoms with E-state index >= 15 is 0 Å². The van der Waals surface area contributed by atoms with E-state index in [9.17, 15) is 18.0 Å². The van der Waals surface area contributed by atoms with E-state index < -0.39 is 28.5 Å². The number of halogens is 2. The first-order valence-electron chi connectivity index (χ1n) is 15.9. The Bertz CT molecular complexity index is 1800. The van der Waals surface area contributed by atoms with Gasteiger partial charge in [-0.3, -0.25) is 13.9 Å². The third-order valence-electron chi connectivity index (χ3n) is 8.49. The summed E-state index contributed by atoms with van der Waals surface area (Å²) in [6.07, 6.45) is 5.15. The van der Waals surface area contributed by atoms with Gasteiger partial charge in [0, 0.05) is 29.1 Å². The molecule has 5 rings (SSSR count). The molecular weight excluding hydrogens is 669 g/mol. The molecule has 1 atom stereocenters. The predicted octanol–water partition coefficient (Wildman–Crippen LogP) is 7.29. The Morgan fingerprint density at radius 2 is 1.52 bits per heavy atom. The molecule has 0 aromatic heterocycles. The van der Waals surface area contributed by atoms with Crippen molar-refractivity contribution in [2.45, 2.75) is 62.0 Å². The van der Waals surface area contributed by atoms with E-state index in [-0.39, 0.29) is 35.5 Å². The van der Waals surface area contributed by atoms with Crippen molar-refractivity contribution in [2.24, 2.45) is 0 Å². The van der Waals surface area contributed by atoms with E-state index in [4.69, 9.17) is 27.9 Å². The van der Waals surface area contributed by atoms with E-state index in [1.807, 2.05) is 42.5 Å². The van der Waals surface area contributed by atoms with Gasteiger partial charge in [-0.1, -0.05) is 91.0 Å². The Balaban J connectivity index is 1.57. The van der Waals surface area contributed by atoms with Crippen molar-refractivity contribution >= 4 is 50.7 Å². The van der Waals surface area contributed by atoms with Crippen LogP contribution in [0.5, 0.6) is 5.75 Å². The maximum Gasteiger partial charge on any atom is 0.264 e. The van der Waals surface area contributed by atoms with Crippen LogP contribution in [0.3, 0.4) is 0 Å². The van der Waals surface area contributed by atoms with E-state index in [2.05, 4.69) is 5.32 Å². The second-order valence-corrected chi connectivity index (χ2v) is 14.6. The first kappa shape index (κ1) is 35.3. The van der Waals surface area contributed by atoms with Crippen molar-refractivity contribution in [2.75, 3.05) is 18.0 Å². The zero-order chi connectivity index (χ0) is 34.1. The fraction of sp³-hybridized carbons (Fsp3) is 0.297. The quantitative estimate of drug-likeness (QED) is 0.158. The number of sulfonamides is 1. The monoisotopic (exact) mass is 707 g/mol. The minimum absolute atomic E-state index is 0.00605. The molecule has 11 heteroatoms. The molecule has 1 saturated carbocycles. The van der Waals surface area contributed by atoms with Crippen molar-refractivity contribution in [1.29, 1.82) is 0 Å². The summed E-state index contributed by atoms with van der Waals surface area (Å²) in [6, 6.07) is 27.9.